The van der Waals surface area contributed by atoms with Gasteiger partial charge < -0.3 is 29.6 Å². The second kappa shape index (κ2) is 24.3. The van der Waals surface area contributed by atoms with Crippen LogP contribution in [0.2, 0.25) is 0 Å². The fourth-order valence-corrected chi connectivity index (χ4v) is 6.87. The van der Waals surface area contributed by atoms with Crippen LogP contribution < -0.4 is 20.1 Å². The van der Waals surface area contributed by atoms with Crippen molar-refractivity contribution in [3.8, 4) is 11.5 Å². The van der Waals surface area contributed by atoms with Gasteiger partial charge in [-0.15, -0.1) is 0 Å². The normalized spacial score (nSPS) is 18.6. The number of ether oxygens (including phenoxy) is 4. The molecule has 0 spiro atoms. The highest BCUT2D eigenvalue weighted by Crippen LogP contribution is 2.23. The Morgan fingerprint density at radius 1 is 0.565 bits per heavy atom. The first kappa shape index (κ1) is 47.7. The number of amides is 2. The van der Waals surface area contributed by atoms with Crippen LogP contribution in [0.1, 0.15) is 62.8 Å². The summed E-state index contributed by atoms with van der Waals surface area (Å²) in [7, 11) is 0. The van der Waals surface area contributed by atoms with E-state index >= 15 is 0 Å². The molecular weight excluding hydrogens is 805 g/mol. The molecule has 14 heteroatoms. The van der Waals surface area contributed by atoms with Gasteiger partial charge in [0.05, 0.1) is 25.3 Å². The van der Waals surface area contributed by atoms with E-state index in [1.54, 1.807) is 24.3 Å². The maximum Gasteiger partial charge on any atom is 0.410 e. The number of hydrogen-bond acceptors (Lipinski definition) is 8. The number of halogens is 4. The van der Waals surface area contributed by atoms with Crippen LogP contribution in [0, 0.1) is 23.5 Å². The molecule has 0 aromatic heterocycles. The first-order valence-corrected chi connectivity index (χ1v) is 21.3. The number of carbonyl (C=O) groups is 2. The Morgan fingerprint density at radius 2 is 0.903 bits per heavy atom. The highest BCUT2D eigenvalue weighted by molar-refractivity contribution is 5.69. The van der Waals surface area contributed by atoms with Crippen molar-refractivity contribution >= 4 is 12.2 Å². The summed E-state index contributed by atoms with van der Waals surface area (Å²) in [5, 5.41) is 5.99. The van der Waals surface area contributed by atoms with Gasteiger partial charge in [-0.3, -0.25) is 9.80 Å². The summed E-state index contributed by atoms with van der Waals surface area (Å²) in [5.74, 6) is 1.67. The fraction of sp³-hybridized carbons (Fsp3) is 0.458. The molecule has 4 atom stereocenters. The molecule has 2 heterocycles. The zero-order valence-electron chi connectivity index (χ0n) is 36.0. The van der Waals surface area contributed by atoms with Gasteiger partial charge in [0.2, 0.25) is 0 Å². The Morgan fingerprint density at radius 3 is 1.23 bits per heavy atom. The minimum absolute atomic E-state index is 0.0745. The third-order valence-electron chi connectivity index (χ3n) is 10.3. The average Bonchev–Trinajstić information content (AvgIpc) is 3.27. The van der Waals surface area contributed by atoms with Gasteiger partial charge >= 0.3 is 12.2 Å². The molecule has 2 N–H and O–H groups in total. The van der Waals surface area contributed by atoms with Gasteiger partial charge in [0.1, 0.15) is 48.7 Å². The first-order valence-electron chi connectivity index (χ1n) is 21.3. The quantitative estimate of drug-likeness (QED) is 0.108. The first-order chi connectivity index (χ1) is 29.8. The zero-order valence-corrected chi connectivity index (χ0v) is 36.0. The lowest BCUT2D eigenvalue weighted by molar-refractivity contribution is 0.0439. The molecule has 0 bridgehead atoms. The number of nitrogens with one attached hydrogen (secondary N) is 2. The van der Waals surface area contributed by atoms with Gasteiger partial charge in [0.15, 0.2) is 0 Å². The number of piperidine rings is 2. The molecule has 0 aliphatic carbocycles. The van der Waals surface area contributed by atoms with E-state index in [1.165, 1.54) is 34.1 Å². The van der Waals surface area contributed by atoms with E-state index in [2.05, 4.69) is 38.3 Å². The Kier molecular flexibility index (Phi) is 18.7. The molecule has 2 saturated heterocycles. The van der Waals surface area contributed by atoms with Gasteiger partial charge in [-0.25, -0.2) is 27.2 Å². The van der Waals surface area contributed by atoms with Crippen LogP contribution in [-0.4, -0.2) is 85.8 Å². The number of alkyl halides is 2. The number of hydrogen-bond donors (Lipinski definition) is 2. The summed E-state index contributed by atoms with van der Waals surface area (Å²) in [6, 6.07) is 25.3. The molecule has 6 rings (SSSR count). The van der Waals surface area contributed by atoms with Crippen LogP contribution >= 0.6 is 0 Å². The van der Waals surface area contributed by atoms with Crippen LogP contribution in [-0.2, 0) is 35.8 Å². The monoisotopic (exact) mass is 864 g/mol. The summed E-state index contributed by atoms with van der Waals surface area (Å²) >= 11 is 0. The molecule has 0 unspecified atom stereocenters. The second-order valence-electron chi connectivity index (χ2n) is 16.5. The van der Waals surface area contributed by atoms with Crippen molar-refractivity contribution in [2.75, 3.05) is 39.4 Å². The average molecular weight is 865 g/mol. The van der Waals surface area contributed by atoms with Gasteiger partial charge in [-0.2, -0.15) is 0 Å². The van der Waals surface area contributed by atoms with Gasteiger partial charge in [-0.1, -0.05) is 76.2 Å². The number of benzene rings is 4. The summed E-state index contributed by atoms with van der Waals surface area (Å²) in [6.45, 7) is 11.7. The smallest absolute Gasteiger partial charge is 0.410 e. The third-order valence-corrected chi connectivity index (χ3v) is 10.3. The molecule has 2 aliphatic rings. The molecule has 4 aromatic carbocycles. The third kappa shape index (κ3) is 15.5. The van der Waals surface area contributed by atoms with Crippen molar-refractivity contribution in [1.29, 1.82) is 0 Å². The zero-order chi connectivity index (χ0) is 44.4. The predicted molar refractivity (Wildman–Crippen MR) is 230 cm³/mol. The van der Waals surface area contributed by atoms with Gasteiger partial charge in [-0.05, 0) is 109 Å². The van der Waals surface area contributed by atoms with E-state index in [0.717, 1.165) is 33.8 Å². The fourth-order valence-electron chi connectivity index (χ4n) is 6.87. The minimum atomic E-state index is -1.20. The molecule has 2 amide bonds. The molecule has 2 aliphatic heterocycles. The van der Waals surface area contributed by atoms with Crippen LogP contribution in [0.4, 0.5) is 27.2 Å². The summed E-state index contributed by atoms with van der Waals surface area (Å²) < 4.78 is 78.0. The van der Waals surface area contributed by atoms with Crippen LogP contribution in [0.15, 0.2) is 97.1 Å². The lowest BCUT2D eigenvalue weighted by Gasteiger charge is -2.36. The van der Waals surface area contributed by atoms with Crippen LogP contribution in [0.5, 0.6) is 11.5 Å². The Balaban J connectivity index is 0.000000234. The molecule has 0 radical (unpaired) electrons. The van der Waals surface area contributed by atoms with E-state index in [9.17, 15) is 27.2 Å². The molecule has 336 valence electrons. The maximum atomic E-state index is 14.6. The van der Waals surface area contributed by atoms with E-state index in [1.807, 2.05) is 48.5 Å². The van der Waals surface area contributed by atoms with E-state index in [-0.39, 0.29) is 51.0 Å². The maximum absolute atomic E-state index is 14.6. The summed E-state index contributed by atoms with van der Waals surface area (Å²) in [4.78, 5) is 28.6. The highest BCUT2D eigenvalue weighted by Gasteiger charge is 2.35. The molecule has 10 nitrogen and oxygen atoms in total. The number of nitrogens with zero attached hydrogens (tertiary/aromatic N) is 2. The summed E-state index contributed by atoms with van der Waals surface area (Å²) in [5.41, 5.74) is 3.06. The van der Waals surface area contributed by atoms with Crippen molar-refractivity contribution in [1.82, 2.24) is 20.4 Å². The number of carbonyl (C=O) groups excluding carboxylic acids is 2. The van der Waals surface area contributed by atoms with Gasteiger partial charge in [0, 0.05) is 26.2 Å². The van der Waals surface area contributed by atoms with Crippen molar-refractivity contribution in [2.45, 2.75) is 91.3 Å². The Labute approximate surface area is 362 Å². The van der Waals surface area contributed by atoms with E-state index in [4.69, 9.17) is 18.9 Å². The largest absolute Gasteiger partial charge is 0.493 e. The highest BCUT2D eigenvalue weighted by atomic mass is 19.1. The molecule has 62 heavy (non-hydrogen) atoms. The van der Waals surface area contributed by atoms with Crippen molar-refractivity contribution in [3.05, 3.63) is 131 Å². The Hall–Kier alpha value is -5.34. The molecular formula is C48H60F4N4O6. The van der Waals surface area contributed by atoms with Crippen molar-refractivity contribution < 1.29 is 46.1 Å². The predicted octanol–water partition coefficient (Wildman–Crippen LogP) is 9.40. The van der Waals surface area contributed by atoms with Crippen molar-refractivity contribution in [2.24, 2.45) is 11.8 Å². The van der Waals surface area contributed by atoms with Gasteiger partial charge in [0.25, 0.3) is 0 Å². The standard InChI is InChI=1S/2C24H30F2N2O3/c2*1-17(2)15-30-21-9-5-19(6-10-21)16-31-24(29)28(23-11-12-27-13-22(23)26)14-18-3-7-20(25)8-4-18/h2*3-10,17,22-23,27H,11-16H2,1-2H3/t2*22-,23+/m10/s1. The van der Waals surface area contributed by atoms with E-state index in [0.29, 0.717) is 51.0 Å². The van der Waals surface area contributed by atoms with Crippen LogP contribution in [0.25, 0.3) is 0 Å². The Bertz CT molecular complexity index is 1800. The second-order valence-corrected chi connectivity index (χ2v) is 16.5. The SMILES string of the molecule is CC(C)COc1ccc(COC(=O)N(Cc2ccc(F)cc2)[C@@H]2CCNC[C@@H]2F)cc1.CC(C)COc1ccc(COC(=O)N(Cc2ccc(F)cc2)[C@H]2CCNC[C@H]2F)cc1. The lowest BCUT2D eigenvalue weighted by Crippen LogP contribution is -2.52. The lowest BCUT2D eigenvalue weighted by atomic mass is 10.0. The molecule has 0 saturated carbocycles. The summed E-state index contributed by atoms with van der Waals surface area (Å²) in [6.07, 6.45) is -2.59. The number of rotatable bonds is 16. The van der Waals surface area contributed by atoms with E-state index < -0.39 is 36.6 Å². The van der Waals surface area contributed by atoms with Crippen molar-refractivity contribution in [3.63, 3.8) is 0 Å². The minimum Gasteiger partial charge on any atom is -0.493 e. The molecule has 4 aromatic rings. The topological polar surface area (TPSA) is 102 Å². The van der Waals surface area contributed by atoms with Crippen LogP contribution in [0.3, 0.4) is 0 Å². The molecule has 2 fully saturated rings.